The smallest absolute Gasteiger partial charge is 0.224 e. The van der Waals surface area contributed by atoms with Crippen molar-refractivity contribution < 1.29 is 13.6 Å². The molecule has 1 aliphatic rings. The summed E-state index contributed by atoms with van der Waals surface area (Å²) in [6.45, 7) is 3.75. The van der Waals surface area contributed by atoms with Gasteiger partial charge in [-0.3, -0.25) is 4.79 Å². The van der Waals surface area contributed by atoms with E-state index >= 15 is 0 Å². The molecule has 1 aliphatic carbocycles. The number of aryl methyl sites for hydroxylation is 1. The Hall–Kier alpha value is -2.10. The zero-order valence-electron chi connectivity index (χ0n) is 12.1. The Bertz CT molecular complexity index is 664. The van der Waals surface area contributed by atoms with Crippen LogP contribution < -0.4 is 5.32 Å². The topological polar surface area (TPSA) is 42.2 Å². The third-order valence-electron chi connectivity index (χ3n) is 3.98. The van der Waals surface area contributed by atoms with Gasteiger partial charge in [-0.25, -0.2) is 4.39 Å². The summed E-state index contributed by atoms with van der Waals surface area (Å²) in [7, 11) is 0. The van der Waals surface area contributed by atoms with E-state index < -0.39 is 0 Å². The molecule has 1 aromatic carbocycles. The van der Waals surface area contributed by atoms with Crippen LogP contribution in [0.15, 0.2) is 40.8 Å². The zero-order chi connectivity index (χ0) is 15.0. The molecule has 1 heterocycles. The van der Waals surface area contributed by atoms with Crippen molar-refractivity contribution in [3.63, 3.8) is 0 Å². The maximum Gasteiger partial charge on any atom is 0.224 e. The number of furan rings is 1. The van der Waals surface area contributed by atoms with Crippen molar-refractivity contribution >= 4 is 5.91 Å². The summed E-state index contributed by atoms with van der Waals surface area (Å²) in [5, 5.41) is 2.94. The van der Waals surface area contributed by atoms with Gasteiger partial charge >= 0.3 is 0 Å². The number of nitrogens with one attached hydrogen (secondary N) is 1. The number of carbonyl (C=O) groups excluding carboxylic acids is 1. The molecule has 2 aromatic rings. The van der Waals surface area contributed by atoms with Crippen molar-refractivity contribution in [1.82, 2.24) is 5.32 Å². The second-order valence-corrected chi connectivity index (χ2v) is 5.65. The van der Waals surface area contributed by atoms with Crippen LogP contribution >= 0.6 is 0 Å². The van der Waals surface area contributed by atoms with E-state index in [9.17, 15) is 9.18 Å². The van der Waals surface area contributed by atoms with Crippen LogP contribution in [0.25, 0.3) is 0 Å². The lowest BCUT2D eigenvalue weighted by Gasteiger charge is -2.11. The van der Waals surface area contributed by atoms with Gasteiger partial charge < -0.3 is 9.73 Å². The Labute approximate surface area is 123 Å². The van der Waals surface area contributed by atoms with E-state index in [0.717, 1.165) is 11.5 Å². The van der Waals surface area contributed by atoms with Gasteiger partial charge in [-0.1, -0.05) is 18.2 Å². The van der Waals surface area contributed by atoms with E-state index in [-0.39, 0.29) is 29.6 Å². The molecule has 3 atom stereocenters. The van der Waals surface area contributed by atoms with Gasteiger partial charge in [0.05, 0.1) is 6.04 Å². The maximum atomic E-state index is 13.7. The van der Waals surface area contributed by atoms with Gasteiger partial charge in [0.1, 0.15) is 17.3 Å². The van der Waals surface area contributed by atoms with Crippen molar-refractivity contribution in [2.24, 2.45) is 5.92 Å². The van der Waals surface area contributed by atoms with E-state index in [4.69, 9.17) is 4.42 Å². The van der Waals surface area contributed by atoms with Gasteiger partial charge in [0.2, 0.25) is 5.91 Å². The van der Waals surface area contributed by atoms with Gasteiger partial charge in [0, 0.05) is 5.92 Å². The molecule has 0 radical (unpaired) electrons. The van der Waals surface area contributed by atoms with Gasteiger partial charge in [0.25, 0.3) is 0 Å². The molecule has 3 nitrogen and oxygen atoms in total. The minimum absolute atomic E-state index is 0.00302. The second-order valence-electron chi connectivity index (χ2n) is 5.65. The molecule has 3 unspecified atom stereocenters. The number of rotatable bonds is 4. The van der Waals surface area contributed by atoms with E-state index in [1.807, 2.05) is 26.0 Å². The summed E-state index contributed by atoms with van der Waals surface area (Å²) >= 11 is 0. The molecule has 0 bridgehead atoms. The highest BCUT2D eigenvalue weighted by molar-refractivity contribution is 5.83. The first-order chi connectivity index (χ1) is 10.1. The summed E-state index contributed by atoms with van der Waals surface area (Å²) < 4.78 is 19.2. The van der Waals surface area contributed by atoms with Crippen LogP contribution in [0.3, 0.4) is 0 Å². The maximum absolute atomic E-state index is 13.7. The summed E-state index contributed by atoms with van der Waals surface area (Å²) in [6, 6.07) is 10.2. The lowest BCUT2D eigenvalue weighted by Crippen LogP contribution is -2.28. The van der Waals surface area contributed by atoms with Crippen LogP contribution in [-0.4, -0.2) is 5.91 Å². The lowest BCUT2D eigenvalue weighted by molar-refractivity contribution is -0.123. The number of benzene rings is 1. The third kappa shape index (κ3) is 2.84. The largest absolute Gasteiger partial charge is 0.464 e. The van der Waals surface area contributed by atoms with Crippen LogP contribution in [0, 0.1) is 18.7 Å². The molecule has 1 saturated carbocycles. The van der Waals surface area contributed by atoms with Crippen LogP contribution in [0.4, 0.5) is 4.39 Å². The fraction of sp³-hybridized carbons (Fsp3) is 0.353. The first-order valence-electron chi connectivity index (χ1n) is 7.17. The molecular formula is C17H18FNO2. The Morgan fingerprint density at radius 2 is 2.10 bits per heavy atom. The van der Waals surface area contributed by atoms with Crippen molar-refractivity contribution in [1.29, 1.82) is 0 Å². The van der Waals surface area contributed by atoms with E-state index in [1.165, 1.54) is 6.07 Å². The molecule has 21 heavy (non-hydrogen) atoms. The average molecular weight is 287 g/mol. The minimum atomic E-state index is -0.229. The molecule has 1 aromatic heterocycles. The monoisotopic (exact) mass is 287 g/mol. The molecule has 1 amide bonds. The van der Waals surface area contributed by atoms with Crippen LogP contribution in [0.2, 0.25) is 0 Å². The summed E-state index contributed by atoms with van der Waals surface area (Å²) in [4.78, 5) is 12.2. The molecule has 3 rings (SSSR count). The Kier molecular flexibility index (Phi) is 3.53. The van der Waals surface area contributed by atoms with Crippen LogP contribution in [0.1, 0.15) is 42.4 Å². The number of hydrogen-bond acceptors (Lipinski definition) is 2. The quantitative estimate of drug-likeness (QED) is 0.931. The van der Waals surface area contributed by atoms with E-state index in [1.54, 1.807) is 18.2 Å². The highest BCUT2D eigenvalue weighted by Gasteiger charge is 2.45. The number of carbonyl (C=O) groups is 1. The highest BCUT2D eigenvalue weighted by atomic mass is 19.1. The SMILES string of the molecule is Cc1ccc(C(C)NC(=O)C2CC2c2ccccc2F)o1. The molecule has 0 spiro atoms. The normalized spacial score (nSPS) is 21.9. The number of halogens is 1. The van der Waals surface area contributed by atoms with E-state index in [0.29, 0.717) is 12.0 Å². The first kappa shape index (κ1) is 13.9. The average Bonchev–Trinajstić information content (AvgIpc) is 3.13. The predicted octanol–water partition coefficient (Wildman–Crippen LogP) is 3.71. The lowest BCUT2D eigenvalue weighted by atomic mass is 10.1. The van der Waals surface area contributed by atoms with Crippen molar-refractivity contribution in [3.05, 3.63) is 59.3 Å². The Balaban J connectivity index is 1.62. The summed E-state index contributed by atoms with van der Waals surface area (Å²) in [5.74, 6) is 1.15. The van der Waals surface area contributed by atoms with Gasteiger partial charge in [0.15, 0.2) is 0 Å². The standard InChI is InChI=1S/C17H18FNO2/c1-10-7-8-16(21-10)11(2)19-17(20)14-9-13(14)12-5-3-4-6-15(12)18/h3-8,11,13-14H,9H2,1-2H3,(H,19,20). The molecule has 1 fully saturated rings. The zero-order valence-corrected chi connectivity index (χ0v) is 12.1. The second kappa shape index (κ2) is 5.35. The van der Waals surface area contributed by atoms with Crippen molar-refractivity contribution in [3.8, 4) is 0 Å². The minimum Gasteiger partial charge on any atom is -0.464 e. The predicted molar refractivity (Wildman–Crippen MR) is 77.3 cm³/mol. The number of hydrogen-bond donors (Lipinski definition) is 1. The van der Waals surface area contributed by atoms with Crippen molar-refractivity contribution in [2.75, 3.05) is 0 Å². The molecule has 0 saturated heterocycles. The molecule has 0 aliphatic heterocycles. The summed E-state index contributed by atoms with van der Waals surface area (Å²) in [6.07, 6.45) is 0.705. The highest BCUT2D eigenvalue weighted by Crippen LogP contribution is 2.48. The Morgan fingerprint density at radius 1 is 1.33 bits per heavy atom. The Morgan fingerprint density at radius 3 is 2.76 bits per heavy atom. The molecule has 4 heteroatoms. The third-order valence-corrected chi connectivity index (χ3v) is 3.98. The van der Waals surface area contributed by atoms with Crippen LogP contribution in [-0.2, 0) is 4.79 Å². The van der Waals surface area contributed by atoms with Crippen LogP contribution in [0.5, 0.6) is 0 Å². The fourth-order valence-corrected chi connectivity index (χ4v) is 2.68. The molecule has 110 valence electrons. The van der Waals surface area contributed by atoms with E-state index in [2.05, 4.69) is 5.32 Å². The van der Waals surface area contributed by atoms with Gasteiger partial charge in [-0.05, 0) is 49.9 Å². The first-order valence-corrected chi connectivity index (χ1v) is 7.17. The number of amides is 1. The fourth-order valence-electron chi connectivity index (χ4n) is 2.68. The summed E-state index contributed by atoms with van der Waals surface area (Å²) in [5.41, 5.74) is 0.638. The molecular weight excluding hydrogens is 269 g/mol. The van der Waals surface area contributed by atoms with Crippen molar-refractivity contribution in [2.45, 2.75) is 32.2 Å². The van der Waals surface area contributed by atoms with Gasteiger partial charge in [-0.15, -0.1) is 0 Å². The van der Waals surface area contributed by atoms with Gasteiger partial charge in [-0.2, -0.15) is 0 Å². The molecule has 1 N–H and O–H groups in total.